The molecule has 0 bridgehead atoms. The molecule has 0 atom stereocenters. The molecule has 0 saturated heterocycles. The van der Waals surface area contributed by atoms with Gasteiger partial charge < -0.3 is 0 Å². The van der Waals surface area contributed by atoms with Gasteiger partial charge in [0.2, 0.25) is 0 Å². The van der Waals surface area contributed by atoms with Crippen molar-refractivity contribution >= 4 is 20.2 Å². The van der Waals surface area contributed by atoms with Crippen molar-refractivity contribution in [1.29, 1.82) is 0 Å². The van der Waals surface area contributed by atoms with E-state index in [1.807, 2.05) is 0 Å². The van der Waals surface area contributed by atoms with Gasteiger partial charge in [0, 0.05) is 0 Å². The van der Waals surface area contributed by atoms with E-state index < -0.39 is 14.1 Å². The summed E-state index contributed by atoms with van der Waals surface area (Å²) in [6, 6.07) is 10.7. The van der Waals surface area contributed by atoms with Crippen molar-refractivity contribution in [2.24, 2.45) is 11.8 Å². The standard InChI is InChI=1S/C8H7.2C4H9.Al/c1-2-8-6-4-3-5-7-8;2*1-4(2)3;/h1-7H;2*4H,1H2,2-3H3;. The second-order valence-electron chi connectivity index (χ2n) is 5.79. The molecule has 0 aliphatic rings. The number of benzene rings is 1. The minimum atomic E-state index is -0.700. The molecule has 0 unspecified atom stereocenters. The predicted octanol–water partition coefficient (Wildman–Crippen LogP) is 5.05. The fourth-order valence-corrected chi connectivity index (χ4v) is 5.70. The summed E-state index contributed by atoms with van der Waals surface area (Å²) in [7, 11) is 0. The third-order valence-corrected chi connectivity index (χ3v) is 6.74. The molecular weight excluding hydrogens is 219 g/mol. The van der Waals surface area contributed by atoms with Gasteiger partial charge in [-0.25, -0.2) is 0 Å². The number of rotatable bonds is 6. The van der Waals surface area contributed by atoms with Gasteiger partial charge in [-0.15, -0.1) is 4.94 Å². The molecule has 0 aliphatic heterocycles. The minimum Gasteiger partial charge on any atom is -0.144 e. The molecule has 0 aliphatic carbocycles. The first kappa shape index (κ1) is 14.6. The van der Waals surface area contributed by atoms with E-state index in [1.165, 1.54) is 16.1 Å². The van der Waals surface area contributed by atoms with E-state index in [0.29, 0.717) is 0 Å². The molecule has 0 amide bonds. The van der Waals surface area contributed by atoms with Crippen LogP contribution in [0.5, 0.6) is 0 Å². The Kier molecular flexibility index (Phi) is 6.63. The molecule has 0 aromatic heterocycles. The Labute approximate surface area is 111 Å². The second kappa shape index (κ2) is 7.75. The van der Waals surface area contributed by atoms with E-state index in [1.54, 1.807) is 0 Å². The Morgan fingerprint density at radius 2 is 1.47 bits per heavy atom. The fraction of sp³-hybridized carbons (Fsp3) is 0.500. The third-order valence-electron chi connectivity index (χ3n) is 2.91. The Balaban J connectivity index is 2.61. The highest BCUT2D eigenvalue weighted by molar-refractivity contribution is 6.65. The topological polar surface area (TPSA) is 0 Å². The highest BCUT2D eigenvalue weighted by Gasteiger charge is 2.16. The van der Waals surface area contributed by atoms with Crippen LogP contribution < -0.4 is 0 Å². The van der Waals surface area contributed by atoms with Gasteiger partial charge in [-0.3, -0.25) is 0 Å². The molecule has 1 aromatic carbocycles. The van der Waals surface area contributed by atoms with Crippen LogP contribution in [-0.4, -0.2) is 14.1 Å². The van der Waals surface area contributed by atoms with E-state index >= 15 is 0 Å². The summed E-state index contributed by atoms with van der Waals surface area (Å²) < 4.78 is 0. The fourth-order valence-electron chi connectivity index (χ4n) is 2.28. The monoisotopic (exact) mass is 244 g/mol. The molecule has 17 heavy (non-hydrogen) atoms. The lowest BCUT2D eigenvalue weighted by Gasteiger charge is -2.12. The van der Waals surface area contributed by atoms with Gasteiger partial charge in [-0.2, -0.15) is 0 Å². The maximum atomic E-state index is 2.54. The quantitative estimate of drug-likeness (QED) is 0.614. The molecule has 0 heterocycles. The van der Waals surface area contributed by atoms with Crippen molar-refractivity contribution in [3.63, 3.8) is 0 Å². The van der Waals surface area contributed by atoms with Crippen LogP contribution in [0.4, 0.5) is 0 Å². The smallest absolute Gasteiger partial charge is 0.144 e. The Morgan fingerprint density at radius 3 is 1.94 bits per heavy atom. The molecule has 0 nitrogen and oxygen atoms in total. The molecule has 1 aromatic rings. The Morgan fingerprint density at radius 1 is 0.941 bits per heavy atom. The van der Waals surface area contributed by atoms with Crippen molar-refractivity contribution in [3.8, 4) is 0 Å². The average molecular weight is 244 g/mol. The molecule has 1 rings (SSSR count). The van der Waals surface area contributed by atoms with Crippen molar-refractivity contribution in [2.45, 2.75) is 38.3 Å². The molecule has 0 radical (unpaired) electrons. The van der Waals surface area contributed by atoms with Crippen LogP contribution in [0.3, 0.4) is 0 Å². The lowest BCUT2D eigenvalue weighted by molar-refractivity contribution is 0.694. The first-order valence-corrected chi connectivity index (χ1v) is 9.11. The number of hydrogen-bond acceptors (Lipinski definition) is 0. The van der Waals surface area contributed by atoms with Gasteiger partial charge >= 0.3 is 0 Å². The minimum absolute atomic E-state index is 0.700. The molecular formula is C16H25Al. The van der Waals surface area contributed by atoms with E-state index in [2.05, 4.69) is 69.0 Å². The van der Waals surface area contributed by atoms with Crippen LogP contribution in [0.15, 0.2) is 35.3 Å². The van der Waals surface area contributed by atoms with Crippen molar-refractivity contribution in [1.82, 2.24) is 0 Å². The molecule has 0 N–H and O–H groups in total. The summed E-state index contributed by atoms with van der Waals surface area (Å²) in [5.74, 6) is 1.68. The number of hydrogen-bond donors (Lipinski definition) is 0. The predicted molar refractivity (Wildman–Crippen MR) is 80.5 cm³/mol. The third kappa shape index (κ3) is 6.72. The maximum Gasteiger partial charge on any atom is 0.295 e. The SMILES string of the molecule is CC(C)[CH2][Al]([CH]=Cc1ccccc1)[CH2]C(C)C. The van der Waals surface area contributed by atoms with Crippen molar-refractivity contribution in [2.75, 3.05) is 0 Å². The van der Waals surface area contributed by atoms with Gasteiger partial charge in [0.25, 0.3) is 14.1 Å². The lowest BCUT2D eigenvalue weighted by atomic mass is 10.2. The first-order valence-electron chi connectivity index (χ1n) is 6.81. The summed E-state index contributed by atoms with van der Waals surface area (Å²) in [4.78, 5) is 2.54. The van der Waals surface area contributed by atoms with E-state index in [4.69, 9.17) is 0 Å². The summed E-state index contributed by atoms with van der Waals surface area (Å²) in [5, 5.41) is 2.86. The zero-order chi connectivity index (χ0) is 12.7. The largest absolute Gasteiger partial charge is 0.295 e. The Bertz CT molecular complexity index is 315. The van der Waals surface area contributed by atoms with Gasteiger partial charge in [0.1, 0.15) is 0 Å². The van der Waals surface area contributed by atoms with Crippen molar-refractivity contribution < 1.29 is 0 Å². The Hall–Kier alpha value is -0.508. The van der Waals surface area contributed by atoms with Gasteiger partial charge in [0.05, 0.1) is 0 Å². The highest BCUT2D eigenvalue weighted by Crippen LogP contribution is 2.16. The van der Waals surface area contributed by atoms with Crippen LogP contribution in [-0.2, 0) is 0 Å². The molecule has 0 spiro atoms. The second-order valence-corrected chi connectivity index (χ2v) is 8.64. The van der Waals surface area contributed by atoms with Gasteiger partial charge in [-0.1, -0.05) is 86.5 Å². The van der Waals surface area contributed by atoms with Crippen LogP contribution in [0.2, 0.25) is 10.6 Å². The summed E-state index contributed by atoms with van der Waals surface area (Å²) >= 11 is -0.700. The molecule has 92 valence electrons. The van der Waals surface area contributed by atoms with Crippen LogP contribution >= 0.6 is 0 Å². The van der Waals surface area contributed by atoms with Crippen LogP contribution in [0, 0.1) is 11.8 Å². The van der Waals surface area contributed by atoms with Gasteiger partial charge in [-0.05, 0) is 5.56 Å². The van der Waals surface area contributed by atoms with Crippen LogP contribution in [0.1, 0.15) is 33.3 Å². The van der Waals surface area contributed by atoms with Gasteiger partial charge in [0.15, 0.2) is 0 Å². The van der Waals surface area contributed by atoms with E-state index in [9.17, 15) is 0 Å². The average Bonchev–Trinajstić information content (AvgIpc) is 2.26. The maximum absolute atomic E-state index is 2.54. The van der Waals surface area contributed by atoms with E-state index in [-0.39, 0.29) is 0 Å². The summed E-state index contributed by atoms with van der Waals surface area (Å²) in [6.07, 6.45) is 2.33. The first-order chi connectivity index (χ1) is 8.08. The summed E-state index contributed by atoms with van der Waals surface area (Å²) in [6.45, 7) is 9.38. The zero-order valence-electron chi connectivity index (χ0n) is 11.7. The molecule has 1 heteroatoms. The summed E-state index contributed by atoms with van der Waals surface area (Å²) in [5.41, 5.74) is 1.34. The lowest BCUT2D eigenvalue weighted by Crippen LogP contribution is -2.14. The highest BCUT2D eigenvalue weighted by atomic mass is 27.2. The molecule has 0 saturated carbocycles. The van der Waals surface area contributed by atoms with E-state index in [0.717, 1.165) is 11.8 Å². The zero-order valence-corrected chi connectivity index (χ0v) is 12.8. The van der Waals surface area contributed by atoms with Crippen molar-refractivity contribution in [3.05, 3.63) is 40.8 Å². The normalized spacial score (nSPS) is 11.6. The molecule has 0 fully saturated rings. The van der Waals surface area contributed by atoms with Crippen LogP contribution in [0.25, 0.3) is 6.08 Å².